The Morgan fingerprint density at radius 3 is 2.44 bits per heavy atom. The molecule has 5 rings (SSSR count). The van der Waals surface area contributed by atoms with Crippen molar-refractivity contribution in [2.24, 2.45) is 0 Å². The Morgan fingerprint density at radius 1 is 0.917 bits per heavy atom. The van der Waals surface area contributed by atoms with Gasteiger partial charge in [-0.15, -0.1) is 0 Å². The highest BCUT2D eigenvalue weighted by atomic mass is 16.5. The first-order valence-electron chi connectivity index (χ1n) is 11.9. The Bertz CT molecular complexity index is 1380. The molecule has 3 N–H and O–H groups in total. The molecular formula is C28H26N4O4. The number of carbonyl (C=O) groups is 3. The van der Waals surface area contributed by atoms with Crippen LogP contribution < -0.4 is 15.4 Å². The molecule has 36 heavy (non-hydrogen) atoms. The first-order valence-corrected chi connectivity index (χ1v) is 11.9. The van der Waals surface area contributed by atoms with Crippen LogP contribution in [-0.4, -0.2) is 40.3 Å². The fourth-order valence-corrected chi connectivity index (χ4v) is 4.28. The smallest absolute Gasteiger partial charge is 0.324 e. The van der Waals surface area contributed by atoms with Gasteiger partial charge in [0.2, 0.25) is 5.91 Å². The van der Waals surface area contributed by atoms with E-state index in [1.54, 1.807) is 24.3 Å². The van der Waals surface area contributed by atoms with Crippen molar-refractivity contribution in [3.63, 3.8) is 0 Å². The summed E-state index contributed by atoms with van der Waals surface area (Å²) in [5.74, 6) is 0.861. The van der Waals surface area contributed by atoms with Gasteiger partial charge >= 0.3 is 6.03 Å². The summed E-state index contributed by atoms with van der Waals surface area (Å²) in [6.07, 6.45) is 2.80. The molecule has 1 atom stereocenters. The van der Waals surface area contributed by atoms with Gasteiger partial charge in [-0.25, -0.2) is 4.79 Å². The number of anilines is 1. The Morgan fingerprint density at radius 2 is 1.64 bits per heavy atom. The van der Waals surface area contributed by atoms with Crippen molar-refractivity contribution in [1.29, 1.82) is 0 Å². The molecule has 4 aromatic rings. The van der Waals surface area contributed by atoms with E-state index < -0.39 is 12.1 Å². The summed E-state index contributed by atoms with van der Waals surface area (Å²) in [7, 11) is 0. The maximum Gasteiger partial charge on any atom is 0.324 e. The molecular weight excluding hydrogens is 456 g/mol. The number of urea groups is 1. The number of H-pyrrole nitrogens is 1. The molecule has 1 fully saturated rings. The minimum atomic E-state index is -0.701. The number of ether oxygens (including phenoxy) is 1. The number of aromatic amines is 1. The Hall–Kier alpha value is -4.59. The van der Waals surface area contributed by atoms with E-state index >= 15 is 0 Å². The summed E-state index contributed by atoms with van der Waals surface area (Å²) >= 11 is 0. The van der Waals surface area contributed by atoms with Crippen LogP contribution in [0.3, 0.4) is 0 Å². The predicted octanol–water partition coefficient (Wildman–Crippen LogP) is 4.84. The summed E-state index contributed by atoms with van der Waals surface area (Å²) in [6, 6.07) is 23.3. The monoisotopic (exact) mass is 482 g/mol. The van der Waals surface area contributed by atoms with Crippen LogP contribution in [0.1, 0.15) is 18.4 Å². The maximum atomic E-state index is 12.8. The number of benzene rings is 3. The maximum absolute atomic E-state index is 12.8. The second-order valence-corrected chi connectivity index (χ2v) is 8.63. The Labute approximate surface area is 208 Å². The van der Waals surface area contributed by atoms with E-state index in [1.165, 1.54) is 4.90 Å². The molecule has 8 nitrogen and oxygen atoms in total. The van der Waals surface area contributed by atoms with E-state index in [-0.39, 0.29) is 31.2 Å². The summed E-state index contributed by atoms with van der Waals surface area (Å²) in [5.41, 5.74) is 2.70. The number of fused-ring (bicyclic) bond motifs is 1. The van der Waals surface area contributed by atoms with Crippen LogP contribution in [0.4, 0.5) is 10.5 Å². The van der Waals surface area contributed by atoms with Crippen LogP contribution in [0.15, 0.2) is 85.1 Å². The van der Waals surface area contributed by atoms with Crippen molar-refractivity contribution in [2.75, 3.05) is 11.9 Å². The number of imide groups is 1. The predicted molar refractivity (Wildman–Crippen MR) is 137 cm³/mol. The van der Waals surface area contributed by atoms with Gasteiger partial charge in [-0.3, -0.25) is 14.5 Å². The normalized spacial score (nSPS) is 15.2. The number of aromatic nitrogens is 1. The second-order valence-electron chi connectivity index (χ2n) is 8.63. The molecule has 0 aliphatic carbocycles. The van der Waals surface area contributed by atoms with Gasteiger partial charge in [-0.05, 0) is 60.9 Å². The topological polar surface area (TPSA) is 104 Å². The lowest BCUT2D eigenvalue weighted by atomic mass is 10.1. The van der Waals surface area contributed by atoms with E-state index in [1.807, 2.05) is 60.8 Å². The third-order valence-corrected chi connectivity index (χ3v) is 6.16. The van der Waals surface area contributed by atoms with Gasteiger partial charge < -0.3 is 20.4 Å². The fraction of sp³-hybridized carbons (Fsp3) is 0.179. The summed E-state index contributed by atoms with van der Waals surface area (Å²) in [5, 5.41) is 6.60. The molecule has 1 saturated heterocycles. The molecule has 3 aromatic carbocycles. The lowest BCUT2D eigenvalue weighted by Crippen LogP contribution is -2.33. The van der Waals surface area contributed by atoms with Crippen molar-refractivity contribution >= 4 is 34.4 Å². The van der Waals surface area contributed by atoms with Gasteiger partial charge in [0, 0.05) is 35.8 Å². The molecule has 1 aliphatic rings. The van der Waals surface area contributed by atoms with Gasteiger partial charge in [0.05, 0.1) is 0 Å². The van der Waals surface area contributed by atoms with Gasteiger partial charge in [0.1, 0.15) is 17.5 Å². The zero-order chi connectivity index (χ0) is 24.9. The van der Waals surface area contributed by atoms with Crippen molar-refractivity contribution < 1.29 is 19.1 Å². The second kappa shape index (κ2) is 10.4. The van der Waals surface area contributed by atoms with Crippen LogP contribution in [0, 0.1) is 0 Å². The Balaban J connectivity index is 1.10. The average molecular weight is 483 g/mol. The average Bonchev–Trinajstić information content (AvgIpc) is 3.43. The van der Waals surface area contributed by atoms with Crippen LogP contribution in [0.25, 0.3) is 10.9 Å². The van der Waals surface area contributed by atoms with Crippen molar-refractivity contribution in [3.05, 3.63) is 90.6 Å². The molecule has 0 bridgehead atoms. The molecule has 182 valence electrons. The number of para-hydroxylation sites is 2. The molecule has 4 amide bonds. The number of amides is 4. The van der Waals surface area contributed by atoms with E-state index in [4.69, 9.17) is 4.74 Å². The highest BCUT2D eigenvalue weighted by molar-refractivity contribution is 6.04. The molecule has 1 unspecified atom stereocenters. The van der Waals surface area contributed by atoms with Crippen LogP contribution in [0.2, 0.25) is 0 Å². The van der Waals surface area contributed by atoms with Crippen molar-refractivity contribution in [1.82, 2.24) is 15.2 Å². The first-order chi connectivity index (χ1) is 17.6. The van der Waals surface area contributed by atoms with Gasteiger partial charge in [0.15, 0.2) is 0 Å². The van der Waals surface area contributed by atoms with Crippen LogP contribution >= 0.6 is 0 Å². The number of carbonyl (C=O) groups excluding carboxylic acids is 3. The number of nitrogens with one attached hydrogen (secondary N) is 3. The number of hydrogen-bond acceptors (Lipinski definition) is 4. The highest BCUT2D eigenvalue weighted by Crippen LogP contribution is 2.23. The van der Waals surface area contributed by atoms with Crippen molar-refractivity contribution in [3.8, 4) is 11.5 Å². The first kappa shape index (κ1) is 23.2. The zero-order valence-corrected chi connectivity index (χ0v) is 19.6. The number of hydrogen-bond donors (Lipinski definition) is 3. The molecule has 1 aliphatic heterocycles. The van der Waals surface area contributed by atoms with Crippen molar-refractivity contribution in [2.45, 2.75) is 25.3 Å². The van der Waals surface area contributed by atoms with Gasteiger partial charge in [0.25, 0.3) is 5.91 Å². The largest absolute Gasteiger partial charge is 0.457 e. The molecule has 2 heterocycles. The van der Waals surface area contributed by atoms with Crippen LogP contribution in [0.5, 0.6) is 11.5 Å². The third-order valence-electron chi connectivity index (χ3n) is 6.16. The molecule has 0 saturated carbocycles. The van der Waals surface area contributed by atoms with Gasteiger partial charge in [-0.1, -0.05) is 36.4 Å². The number of nitrogens with zero attached hydrogens (tertiary/aromatic N) is 1. The molecule has 0 spiro atoms. The van der Waals surface area contributed by atoms with E-state index in [9.17, 15) is 14.4 Å². The quantitative estimate of drug-likeness (QED) is 0.297. The summed E-state index contributed by atoms with van der Waals surface area (Å²) < 4.78 is 5.75. The molecule has 1 aromatic heterocycles. The minimum Gasteiger partial charge on any atom is -0.457 e. The van der Waals surface area contributed by atoms with E-state index in [2.05, 4.69) is 15.6 Å². The SMILES string of the molecule is O=C(CCC1NC(=O)N(CCc2c[nH]c3ccccc23)C1=O)Nc1ccc(Oc2ccccc2)cc1. The number of rotatable bonds is 9. The third kappa shape index (κ3) is 5.22. The van der Waals surface area contributed by atoms with E-state index in [0.717, 1.165) is 22.2 Å². The zero-order valence-electron chi connectivity index (χ0n) is 19.6. The lowest BCUT2D eigenvalue weighted by Gasteiger charge is -2.13. The summed E-state index contributed by atoms with van der Waals surface area (Å²) in [4.78, 5) is 42.1. The van der Waals surface area contributed by atoms with E-state index in [0.29, 0.717) is 17.9 Å². The lowest BCUT2D eigenvalue weighted by molar-refractivity contribution is -0.127. The standard InChI is InChI=1S/C28H26N4O4/c33-26(30-20-10-12-22(13-11-20)36-21-6-2-1-3-7-21)15-14-25-27(34)32(28(35)31-25)17-16-19-18-29-24-9-5-4-8-23(19)24/h1-13,18,25,29H,14-17H2,(H,30,33)(H,31,35). The Kier molecular flexibility index (Phi) is 6.66. The van der Waals surface area contributed by atoms with Gasteiger partial charge in [-0.2, -0.15) is 0 Å². The molecule has 8 heteroatoms. The summed E-state index contributed by atoms with van der Waals surface area (Å²) in [6.45, 7) is 0.284. The highest BCUT2D eigenvalue weighted by Gasteiger charge is 2.37. The fourth-order valence-electron chi connectivity index (χ4n) is 4.28. The molecule has 0 radical (unpaired) electrons. The van der Waals surface area contributed by atoms with Crippen LogP contribution in [-0.2, 0) is 16.0 Å². The minimum absolute atomic E-state index is 0.106.